The summed E-state index contributed by atoms with van der Waals surface area (Å²) >= 11 is 0. The maximum absolute atomic E-state index is 12.9. The van der Waals surface area contributed by atoms with E-state index in [4.69, 9.17) is 0 Å². The summed E-state index contributed by atoms with van der Waals surface area (Å²) < 4.78 is 0. The fraction of sp³-hybridized carbons (Fsp3) is 0.579. The van der Waals surface area contributed by atoms with E-state index in [1.807, 2.05) is 18.7 Å². The lowest BCUT2D eigenvalue weighted by atomic mass is 9.85. The maximum atomic E-state index is 12.9. The molecule has 2 aliphatic heterocycles. The van der Waals surface area contributed by atoms with E-state index in [0.717, 1.165) is 0 Å². The van der Waals surface area contributed by atoms with Crippen molar-refractivity contribution in [1.82, 2.24) is 19.7 Å². The zero-order valence-corrected chi connectivity index (χ0v) is 15.6. The molecule has 0 saturated carbocycles. The molecule has 1 aromatic rings. The summed E-state index contributed by atoms with van der Waals surface area (Å²) in [7, 11) is 1.78. The average Bonchev–Trinajstić information content (AvgIpc) is 2.79. The summed E-state index contributed by atoms with van der Waals surface area (Å²) in [6, 6.07) is 3.48. The van der Waals surface area contributed by atoms with Crippen LogP contribution in [0.15, 0.2) is 24.5 Å². The van der Waals surface area contributed by atoms with Gasteiger partial charge in [0.15, 0.2) is 0 Å². The Morgan fingerprint density at radius 3 is 2.42 bits per heavy atom. The highest BCUT2D eigenvalue weighted by molar-refractivity contribution is 5.94. The van der Waals surface area contributed by atoms with Gasteiger partial charge in [-0.3, -0.25) is 19.4 Å². The van der Waals surface area contributed by atoms with Gasteiger partial charge in [0.05, 0.1) is 5.56 Å². The molecule has 0 N–H and O–H groups in total. The van der Waals surface area contributed by atoms with Crippen LogP contribution in [0.2, 0.25) is 0 Å². The number of carbonyl (C=O) groups is 3. The summed E-state index contributed by atoms with van der Waals surface area (Å²) in [6.07, 6.45) is 3.55. The highest BCUT2D eigenvalue weighted by Crippen LogP contribution is 2.35. The summed E-state index contributed by atoms with van der Waals surface area (Å²) in [5.41, 5.74) is 0.119. The molecule has 0 aromatic carbocycles. The first-order valence-corrected chi connectivity index (χ1v) is 9.03. The molecule has 1 aromatic heterocycles. The van der Waals surface area contributed by atoms with Crippen molar-refractivity contribution in [2.45, 2.75) is 20.3 Å². The van der Waals surface area contributed by atoms with Gasteiger partial charge in [-0.1, -0.05) is 13.8 Å². The molecule has 7 heteroatoms. The molecule has 26 heavy (non-hydrogen) atoms. The highest BCUT2D eigenvalue weighted by atomic mass is 16.2. The van der Waals surface area contributed by atoms with E-state index in [9.17, 15) is 14.4 Å². The van der Waals surface area contributed by atoms with E-state index in [1.54, 1.807) is 41.4 Å². The van der Waals surface area contributed by atoms with Crippen molar-refractivity contribution in [2.75, 3.05) is 39.8 Å². The summed E-state index contributed by atoms with van der Waals surface area (Å²) in [5.74, 6) is -0.0690. The first kappa shape index (κ1) is 18.4. The molecular formula is C19H26N4O3. The molecule has 0 bridgehead atoms. The van der Waals surface area contributed by atoms with Crippen molar-refractivity contribution >= 4 is 17.7 Å². The van der Waals surface area contributed by atoms with Crippen molar-refractivity contribution in [3.8, 4) is 0 Å². The predicted octanol–water partition coefficient (Wildman–Crippen LogP) is 0.871. The molecule has 1 unspecified atom stereocenters. The third-order valence-corrected chi connectivity index (χ3v) is 5.22. The van der Waals surface area contributed by atoms with Gasteiger partial charge in [-0.05, 0) is 12.1 Å². The van der Waals surface area contributed by atoms with E-state index >= 15 is 0 Å². The lowest BCUT2D eigenvalue weighted by Gasteiger charge is -2.33. The van der Waals surface area contributed by atoms with Crippen LogP contribution in [-0.4, -0.2) is 77.2 Å². The van der Waals surface area contributed by atoms with Crippen LogP contribution >= 0.6 is 0 Å². The van der Waals surface area contributed by atoms with E-state index in [1.165, 1.54) is 0 Å². The molecule has 2 saturated heterocycles. The number of pyridine rings is 1. The molecule has 1 spiro atoms. The fourth-order valence-electron chi connectivity index (χ4n) is 3.97. The zero-order valence-electron chi connectivity index (χ0n) is 15.6. The van der Waals surface area contributed by atoms with Gasteiger partial charge in [-0.2, -0.15) is 0 Å². The van der Waals surface area contributed by atoms with Gasteiger partial charge in [0, 0.05) is 69.9 Å². The lowest BCUT2D eigenvalue weighted by molar-refractivity contribution is -0.135. The number of carbonyl (C=O) groups excluding carboxylic acids is 3. The van der Waals surface area contributed by atoms with Crippen LogP contribution in [0.25, 0.3) is 0 Å². The molecule has 2 fully saturated rings. The fourth-order valence-corrected chi connectivity index (χ4v) is 3.97. The maximum Gasteiger partial charge on any atom is 0.255 e. The third-order valence-electron chi connectivity index (χ3n) is 5.22. The normalized spacial score (nSPS) is 23.7. The second-order valence-electron chi connectivity index (χ2n) is 7.81. The van der Waals surface area contributed by atoms with Crippen LogP contribution in [-0.2, 0) is 9.59 Å². The van der Waals surface area contributed by atoms with Crippen LogP contribution in [0.1, 0.15) is 30.6 Å². The molecule has 2 aliphatic rings. The zero-order chi connectivity index (χ0) is 18.9. The number of aromatic nitrogens is 1. The molecule has 140 valence electrons. The Morgan fingerprint density at radius 1 is 1.15 bits per heavy atom. The van der Waals surface area contributed by atoms with Crippen molar-refractivity contribution < 1.29 is 14.4 Å². The number of hydrogen-bond acceptors (Lipinski definition) is 4. The Kier molecular flexibility index (Phi) is 4.98. The third kappa shape index (κ3) is 3.57. The molecule has 7 nitrogen and oxygen atoms in total. The summed E-state index contributed by atoms with van der Waals surface area (Å²) in [6.45, 7) is 6.25. The van der Waals surface area contributed by atoms with Gasteiger partial charge in [0.25, 0.3) is 5.91 Å². The van der Waals surface area contributed by atoms with Crippen LogP contribution in [0.5, 0.6) is 0 Å². The van der Waals surface area contributed by atoms with Gasteiger partial charge in [-0.15, -0.1) is 0 Å². The molecule has 1 atom stereocenters. The molecular weight excluding hydrogens is 332 g/mol. The van der Waals surface area contributed by atoms with Crippen LogP contribution < -0.4 is 0 Å². The molecule has 3 heterocycles. The van der Waals surface area contributed by atoms with Gasteiger partial charge in [0.1, 0.15) is 0 Å². The molecule has 0 radical (unpaired) electrons. The second kappa shape index (κ2) is 7.05. The topological polar surface area (TPSA) is 73.8 Å². The number of rotatable bonds is 2. The Bertz CT molecular complexity index is 706. The quantitative estimate of drug-likeness (QED) is 0.786. The first-order chi connectivity index (χ1) is 12.3. The van der Waals surface area contributed by atoms with E-state index in [2.05, 4.69) is 4.98 Å². The summed E-state index contributed by atoms with van der Waals surface area (Å²) in [5, 5.41) is 0. The van der Waals surface area contributed by atoms with E-state index < -0.39 is 5.41 Å². The average molecular weight is 358 g/mol. The highest BCUT2D eigenvalue weighted by Gasteiger charge is 2.47. The smallest absolute Gasteiger partial charge is 0.255 e. The van der Waals surface area contributed by atoms with Gasteiger partial charge < -0.3 is 14.7 Å². The van der Waals surface area contributed by atoms with Gasteiger partial charge in [-0.25, -0.2) is 0 Å². The lowest BCUT2D eigenvalue weighted by Crippen LogP contribution is -2.45. The van der Waals surface area contributed by atoms with Crippen molar-refractivity contribution in [3.05, 3.63) is 30.1 Å². The number of likely N-dealkylation sites (tertiary alicyclic amines) is 1. The van der Waals surface area contributed by atoms with Gasteiger partial charge in [0.2, 0.25) is 11.8 Å². The molecule has 0 aliphatic carbocycles. The largest absolute Gasteiger partial charge is 0.345 e. The minimum Gasteiger partial charge on any atom is -0.345 e. The number of hydrogen-bond donors (Lipinski definition) is 0. The Morgan fingerprint density at radius 2 is 1.85 bits per heavy atom. The molecule has 3 rings (SSSR count). The van der Waals surface area contributed by atoms with Crippen LogP contribution in [0.3, 0.4) is 0 Å². The Labute approximate surface area is 154 Å². The number of amides is 3. The predicted molar refractivity (Wildman–Crippen MR) is 96.2 cm³/mol. The Balaban J connectivity index is 1.88. The number of nitrogens with zero attached hydrogens (tertiary/aromatic N) is 4. The molecule has 3 amide bonds. The van der Waals surface area contributed by atoms with E-state index in [0.29, 0.717) is 44.7 Å². The van der Waals surface area contributed by atoms with Crippen molar-refractivity contribution in [3.63, 3.8) is 0 Å². The first-order valence-electron chi connectivity index (χ1n) is 9.03. The summed E-state index contributed by atoms with van der Waals surface area (Å²) in [4.78, 5) is 47.1. The SMILES string of the molecule is CC(C)C(=O)N1CCN(C(=O)c2cccnc2)CC2(CC(=O)N(C)C2)C1. The second-order valence-corrected chi connectivity index (χ2v) is 7.81. The van der Waals surface area contributed by atoms with Gasteiger partial charge >= 0.3 is 0 Å². The van der Waals surface area contributed by atoms with Crippen LogP contribution in [0.4, 0.5) is 0 Å². The Hall–Kier alpha value is -2.44. The van der Waals surface area contributed by atoms with Crippen LogP contribution in [0, 0.1) is 11.3 Å². The van der Waals surface area contributed by atoms with Crippen molar-refractivity contribution in [2.24, 2.45) is 11.3 Å². The van der Waals surface area contributed by atoms with E-state index in [-0.39, 0.29) is 23.6 Å². The van der Waals surface area contributed by atoms with Crippen molar-refractivity contribution in [1.29, 1.82) is 0 Å². The standard InChI is InChI=1S/C19H26N4O3/c1-14(2)17(25)22-7-8-23(18(26)15-5-4-6-20-10-15)13-19(12-22)9-16(24)21(3)11-19/h4-6,10,14H,7-9,11-13H2,1-3H3. The monoisotopic (exact) mass is 358 g/mol. The minimum absolute atomic E-state index is 0.0672. The minimum atomic E-state index is -0.412.